The first-order chi connectivity index (χ1) is 9.79. The van der Waals surface area contributed by atoms with E-state index < -0.39 is 0 Å². The van der Waals surface area contributed by atoms with Gasteiger partial charge >= 0.3 is 0 Å². The van der Waals surface area contributed by atoms with Gasteiger partial charge in [-0.15, -0.1) is 0 Å². The summed E-state index contributed by atoms with van der Waals surface area (Å²) in [6.45, 7) is 0. The molecule has 0 unspecified atom stereocenters. The fourth-order valence-corrected chi connectivity index (χ4v) is 2.68. The number of oxazole rings is 1. The Bertz CT molecular complexity index is 926. The van der Waals surface area contributed by atoms with E-state index in [0.717, 1.165) is 21.1 Å². The highest BCUT2D eigenvalue weighted by atomic mass is 79.9. The van der Waals surface area contributed by atoms with Crippen LogP contribution in [0, 0.1) is 0 Å². The molecule has 3 heteroatoms. The molecule has 0 saturated heterocycles. The molecule has 0 aliphatic heterocycles. The molecule has 0 fully saturated rings. The normalized spacial score (nSPS) is 11.2. The van der Waals surface area contributed by atoms with Gasteiger partial charge < -0.3 is 4.42 Å². The Kier molecular flexibility index (Phi) is 2.60. The van der Waals surface area contributed by atoms with Gasteiger partial charge in [0.15, 0.2) is 5.58 Å². The predicted octanol–water partition coefficient (Wildman–Crippen LogP) is 5.41. The minimum atomic E-state index is 0.656. The Hall–Kier alpha value is -2.13. The average Bonchev–Trinajstić information content (AvgIpc) is 2.89. The van der Waals surface area contributed by atoms with Crippen LogP contribution in [0.5, 0.6) is 0 Å². The highest BCUT2D eigenvalue weighted by Crippen LogP contribution is 2.28. The van der Waals surface area contributed by atoms with E-state index in [1.165, 1.54) is 10.8 Å². The zero-order valence-corrected chi connectivity index (χ0v) is 12.1. The molecule has 1 aromatic heterocycles. The largest absolute Gasteiger partial charge is 0.436 e. The summed E-state index contributed by atoms with van der Waals surface area (Å²) < 4.78 is 6.83. The summed E-state index contributed by atoms with van der Waals surface area (Å²) in [4.78, 5) is 4.54. The number of hydrogen-bond donors (Lipinski definition) is 0. The number of nitrogens with zero attached hydrogens (tertiary/aromatic N) is 1. The fraction of sp³-hybridized carbons (Fsp3) is 0. The Morgan fingerprint density at radius 3 is 2.60 bits per heavy atom. The lowest BCUT2D eigenvalue weighted by molar-refractivity contribution is 0.620. The topological polar surface area (TPSA) is 26.0 Å². The first-order valence-electron chi connectivity index (χ1n) is 6.35. The van der Waals surface area contributed by atoms with Crippen LogP contribution in [-0.2, 0) is 0 Å². The van der Waals surface area contributed by atoms with Crippen LogP contribution >= 0.6 is 15.9 Å². The van der Waals surface area contributed by atoms with Gasteiger partial charge in [0.1, 0.15) is 5.52 Å². The van der Waals surface area contributed by atoms with Gasteiger partial charge in [-0.05, 0) is 41.1 Å². The van der Waals surface area contributed by atoms with Gasteiger partial charge in [-0.1, -0.05) is 46.3 Å². The van der Waals surface area contributed by atoms with Crippen molar-refractivity contribution in [3.05, 3.63) is 65.1 Å². The minimum absolute atomic E-state index is 0.656. The molecule has 0 amide bonds. The highest BCUT2D eigenvalue weighted by Gasteiger charge is 2.08. The van der Waals surface area contributed by atoms with E-state index in [2.05, 4.69) is 45.2 Å². The maximum atomic E-state index is 5.84. The van der Waals surface area contributed by atoms with Crippen molar-refractivity contribution in [1.29, 1.82) is 0 Å². The third kappa shape index (κ3) is 1.91. The zero-order valence-electron chi connectivity index (χ0n) is 10.5. The maximum absolute atomic E-state index is 5.84. The highest BCUT2D eigenvalue weighted by molar-refractivity contribution is 9.10. The molecule has 4 rings (SSSR count). The average molecular weight is 324 g/mol. The monoisotopic (exact) mass is 323 g/mol. The smallest absolute Gasteiger partial charge is 0.227 e. The number of benzene rings is 3. The molecular formula is C17H10BrNO. The molecule has 0 aliphatic carbocycles. The van der Waals surface area contributed by atoms with E-state index in [4.69, 9.17) is 4.42 Å². The number of aromatic nitrogens is 1. The molecule has 1 heterocycles. The summed E-state index contributed by atoms with van der Waals surface area (Å²) >= 11 is 3.44. The molecule has 0 aliphatic rings. The van der Waals surface area contributed by atoms with Gasteiger partial charge in [-0.2, -0.15) is 0 Å². The van der Waals surface area contributed by atoms with E-state index in [0.29, 0.717) is 5.89 Å². The van der Waals surface area contributed by atoms with Crippen LogP contribution in [-0.4, -0.2) is 4.98 Å². The molecule has 20 heavy (non-hydrogen) atoms. The standard InChI is InChI=1S/C17H10BrNO/c18-14-7-8-15-16(10-14)20-17(19-15)13-6-5-11-3-1-2-4-12(11)9-13/h1-10H. The lowest BCUT2D eigenvalue weighted by Crippen LogP contribution is -1.78. The van der Waals surface area contributed by atoms with Crippen molar-refractivity contribution in [3.8, 4) is 11.5 Å². The Morgan fingerprint density at radius 2 is 1.70 bits per heavy atom. The van der Waals surface area contributed by atoms with E-state index in [1.54, 1.807) is 0 Å². The molecule has 0 radical (unpaired) electrons. The van der Waals surface area contributed by atoms with Crippen molar-refractivity contribution in [1.82, 2.24) is 4.98 Å². The van der Waals surface area contributed by atoms with Crippen LogP contribution in [0.15, 0.2) is 69.6 Å². The lowest BCUT2D eigenvalue weighted by Gasteiger charge is -1.99. The van der Waals surface area contributed by atoms with Crippen LogP contribution in [0.1, 0.15) is 0 Å². The molecular weight excluding hydrogens is 314 g/mol. The summed E-state index contributed by atoms with van der Waals surface area (Å²) in [5, 5.41) is 2.41. The van der Waals surface area contributed by atoms with Crippen molar-refractivity contribution in [2.45, 2.75) is 0 Å². The number of rotatable bonds is 1. The van der Waals surface area contributed by atoms with Crippen LogP contribution in [0.4, 0.5) is 0 Å². The van der Waals surface area contributed by atoms with E-state index in [1.807, 2.05) is 36.4 Å². The number of halogens is 1. The fourth-order valence-electron chi connectivity index (χ4n) is 2.34. The zero-order chi connectivity index (χ0) is 13.5. The van der Waals surface area contributed by atoms with E-state index >= 15 is 0 Å². The number of hydrogen-bond acceptors (Lipinski definition) is 2. The second kappa shape index (κ2) is 4.46. The quantitative estimate of drug-likeness (QED) is 0.468. The molecule has 4 aromatic rings. The van der Waals surface area contributed by atoms with Gasteiger partial charge in [0.05, 0.1) is 0 Å². The SMILES string of the molecule is Brc1ccc2nc(-c3ccc4ccccc4c3)oc2c1. The van der Waals surface area contributed by atoms with Gasteiger partial charge in [-0.3, -0.25) is 0 Å². The molecule has 0 spiro atoms. The van der Waals surface area contributed by atoms with Crippen molar-refractivity contribution in [2.75, 3.05) is 0 Å². The third-order valence-electron chi connectivity index (χ3n) is 3.35. The van der Waals surface area contributed by atoms with E-state index in [-0.39, 0.29) is 0 Å². The molecule has 2 nitrogen and oxygen atoms in total. The Morgan fingerprint density at radius 1 is 0.850 bits per heavy atom. The molecule has 0 saturated carbocycles. The Labute approximate surface area is 124 Å². The summed E-state index contributed by atoms with van der Waals surface area (Å²) in [5.41, 5.74) is 2.66. The third-order valence-corrected chi connectivity index (χ3v) is 3.84. The van der Waals surface area contributed by atoms with Gasteiger partial charge in [0.2, 0.25) is 5.89 Å². The van der Waals surface area contributed by atoms with Gasteiger partial charge in [0, 0.05) is 10.0 Å². The van der Waals surface area contributed by atoms with Crippen molar-refractivity contribution < 1.29 is 4.42 Å². The number of fused-ring (bicyclic) bond motifs is 2. The molecule has 3 aromatic carbocycles. The van der Waals surface area contributed by atoms with Crippen LogP contribution in [0.3, 0.4) is 0 Å². The summed E-state index contributed by atoms with van der Waals surface area (Å²) in [6.07, 6.45) is 0. The summed E-state index contributed by atoms with van der Waals surface area (Å²) in [6, 6.07) is 20.4. The Balaban J connectivity index is 1.91. The first-order valence-corrected chi connectivity index (χ1v) is 7.14. The molecule has 0 N–H and O–H groups in total. The van der Waals surface area contributed by atoms with Crippen LogP contribution in [0.2, 0.25) is 0 Å². The second-order valence-electron chi connectivity index (χ2n) is 4.69. The van der Waals surface area contributed by atoms with Crippen LogP contribution < -0.4 is 0 Å². The van der Waals surface area contributed by atoms with Gasteiger partial charge in [0.25, 0.3) is 0 Å². The van der Waals surface area contributed by atoms with Crippen molar-refractivity contribution >= 4 is 37.8 Å². The maximum Gasteiger partial charge on any atom is 0.227 e. The van der Waals surface area contributed by atoms with Crippen molar-refractivity contribution in [2.24, 2.45) is 0 Å². The molecule has 96 valence electrons. The van der Waals surface area contributed by atoms with E-state index in [9.17, 15) is 0 Å². The van der Waals surface area contributed by atoms with Gasteiger partial charge in [-0.25, -0.2) is 4.98 Å². The summed E-state index contributed by atoms with van der Waals surface area (Å²) in [5.74, 6) is 0.656. The lowest BCUT2D eigenvalue weighted by atomic mass is 10.1. The van der Waals surface area contributed by atoms with Crippen molar-refractivity contribution in [3.63, 3.8) is 0 Å². The molecule has 0 bridgehead atoms. The first kappa shape index (κ1) is 11.7. The minimum Gasteiger partial charge on any atom is -0.436 e. The van der Waals surface area contributed by atoms with Crippen LogP contribution in [0.25, 0.3) is 33.3 Å². The predicted molar refractivity (Wildman–Crippen MR) is 84.7 cm³/mol. The molecule has 0 atom stereocenters. The summed E-state index contributed by atoms with van der Waals surface area (Å²) in [7, 11) is 0. The second-order valence-corrected chi connectivity index (χ2v) is 5.61.